The molecule has 0 saturated heterocycles. The van der Waals surface area contributed by atoms with E-state index in [1.165, 1.54) is 6.42 Å². The highest BCUT2D eigenvalue weighted by atomic mass is 16.2. The Morgan fingerprint density at radius 3 is 2.21 bits per heavy atom. The van der Waals surface area contributed by atoms with Crippen LogP contribution in [0.25, 0.3) is 0 Å². The van der Waals surface area contributed by atoms with Gasteiger partial charge in [0, 0.05) is 26.2 Å². The highest BCUT2D eigenvalue weighted by Crippen LogP contribution is 2.04. The van der Waals surface area contributed by atoms with Crippen LogP contribution in [0.1, 0.15) is 33.1 Å². The number of unbranched alkanes of at least 4 members (excludes halogenated alkanes) is 2. The van der Waals surface area contributed by atoms with Crippen molar-refractivity contribution in [1.82, 2.24) is 10.0 Å². The molecule has 0 bridgehead atoms. The van der Waals surface area contributed by atoms with Crippen LogP contribution in [-0.4, -0.2) is 36.6 Å². The van der Waals surface area contributed by atoms with E-state index in [0.29, 0.717) is 5.57 Å². The molecule has 0 saturated carbocycles. The van der Waals surface area contributed by atoms with Crippen LogP contribution >= 0.6 is 0 Å². The number of nitrogens with zero attached hydrogens (tertiary/aromatic N) is 2. The third-order valence-corrected chi connectivity index (χ3v) is 2.06. The van der Waals surface area contributed by atoms with Gasteiger partial charge in [-0.15, -0.1) is 0 Å². The molecule has 0 rings (SSSR count). The molecule has 0 unspecified atom stereocenters. The quantitative estimate of drug-likeness (QED) is 0.370. The second-order valence-electron chi connectivity index (χ2n) is 3.76. The molecule has 0 N–H and O–H groups in total. The van der Waals surface area contributed by atoms with Gasteiger partial charge in [0.15, 0.2) is 0 Å². The molecule has 3 heteroatoms. The lowest BCUT2D eigenvalue weighted by Gasteiger charge is -2.29. The molecule has 0 aliphatic rings. The standard InChI is InChI=1S/C11H22N2O/c1-6-7-8-9-13(12(4)5)11(14)10(2)3/h2,6-9H2,1,3-5H3. The zero-order valence-corrected chi connectivity index (χ0v) is 9.84. The second kappa shape index (κ2) is 6.60. The van der Waals surface area contributed by atoms with Crippen LogP contribution in [0.15, 0.2) is 12.2 Å². The molecule has 0 radical (unpaired) electrons. The average Bonchev–Trinajstić information content (AvgIpc) is 2.10. The maximum Gasteiger partial charge on any atom is 0.263 e. The Hall–Kier alpha value is -0.830. The largest absolute Gasteiger partial charge is 0.272 e. The van der Waals surface area contributed by atoms with Gasteiger partial charge in [0.1, 0.15) is 0 Å². The number of hydrogen-bond donors (Lipinski definition) is 0. The van der Waals surface area contributed by atoms with Crippen molar-refractivity contribution in [2.75, 3.05) is 20.6 Å². The molecule has 1 amide bonds. The summed E-state index contributed by atoms with van der Waals surface area (Å²) in [4.78, 5) is 11.7. The summed E-state index contributed by atoms with van der Waals surface area (Å²) in [5.41, 5.74) is 0.593. The van der Waals surface area contributed by atoms with Crippen molar-refractivity contribution in [1.29, 1.82) is 0 Å². The van der Waals surface area contributed by atoms with Crippen LogP contribution in [0.3, 0.4) is 0 Å². The fraction of sp³-hybridized carbons (Fsp3) is 0.727. The monoisotopic (exact) mass is 198 g/mol. The predicted octanol–water partition coefficient (Wildman–Crippen LogP) is 2.06. The molecule has 0 aliphatic heterocycles. The number of rotatable bonds is 6. The molecule has 0 fully saturated rings. The Kier molecular flexibility index (Phi) is 6.21. The minimum absolute atomic E-state index is 0.0195. The molecule has 0 aromatic rings. The third kappa shape index (κ3) is 4.42. The van der Waals surface area contributed by atoms with Crippen LogP contribution in [0.5, 0.6) is 0 Å². The summed E-state index contributed by atoms with van der Waals surface area (Å²) >= 11 is 0. The first-order chi connectivity index (χ1) is 6.50. The lowest BCUT2D eigenvalue weighted by atomic mass is 10.2. The van der Waals surface area contributed by atoms with E-state index in [9.17, 15) is 4.79 Å². The third-order valence-electron chi connectivity index (χ3n) is 2.06. The van der Waals surface area contributed by atoms with Crippen molar-refractivity contribution in [2.45, 2.75) is 33.1 Å². The van der Waals surface area contributed by atoms with Crippen LogP contribution in [0, 0.1) is 0 Å². The summed E-state index contributed by atoms with van der Waals surface area (Å²) in [6.45, 7) is 8.35. The molecular formula is C11H22N2O. The van der Waals surface area contributed by atoms with Gasteiger partial charge in [0.2, 0.25) is 0 Å². The number of carbonyl (C=O) groups is 1. The topological polar surface area (TPSA) is 23.6 Å². The van der Waals surface area contributed by atoms with Crippen molar-refractivity contribution >= 4 is 5.91 Å². The Balaban J connectivity index is 4.15. The molecule has 82 valence electrons. The summed E-state index contributed by atoms with van der Waals surface area (Å²) in [7, 11) is 3.76. The van der Waals surface area contributed by atoms with Gasteiger partial charge < -0.3 is 0 Å². The van der Waals surface area contributed by atoms with Gasteiger partial charge in [-0.25, -0.2) is 5.01 Å². The molecular weight excluding hydrogens is 176 g/mol. The van der Waals surface area contributed by atoms with E-state index in [-0.39, 0.29) is 5.91 Å². The minimum Gasteiger partial charge on any atom is -0.272 e. The maximum absolute atomic E-state index is 11.7. The second-order valence-corrected chi connectivity index (χ2v) is 3.76. The maximum atomic E-state index is 11.7. The van der Waals surface area contributed by atoms with Gasteiger partial charge in [-0.1, -0.05) is 26.3 Å². The van der Waals surface area contributed by atoms with Gasteiger partial charge in [0.05, 0.1) is 0 Å². The molecule has 14 heavy (non-hydrogen) atoms. The summed E-state index contributed by atoms with van der Waals surface area (Å²) in [5.74, 6) is 0.0195. The average molecular weight is 198 g/mol. The van der Waals surface area contributed by atoms with E-state index in [2.05, 4.69) is 13.5 Å². The first-order valence-electron chi connectivity index (χ1n) is 5.15. The number of hydrazine groups is 1. The van der Waals surface area contributed by atoms with E-state index in [0.717, 1.165) is 19.4 Å². The zero-order chi connectivity index (χ0) is 11.1. The fourth-order valence-electron chi connectivity index (χ4n) is 1.22. The van der Waals surface area contributed by atoms with Crippen LogP contribution in [0.2, 0.25) is 0 Å². The Labute approximate surface area is 87.4 Å². The Morgan fingerprint density at radius 1 is 1.29 bits per heavy atom. The van der Waals surface area contributed by atoms with E-state index < -0.39 is 0 Å². The highest BCUT2D eigenvalue weighted by Gasteiger charge is 2.15. The van der Waals surface area contributed by atoms with Crippen molar-refractivity contribution in [3.63, 3.8) is 0 Å². The lowest BCUT2D eigenvalue weighted by molar-refractivity contribution is -0.140. The fourth-order valence-corrected chi connectivity index (χ4v) is 1.22. The van der Waals surface area contributed by atoms with Crippen LogP contribution in [-0.2, 0) is 4.79 Å². The van der Waals surface area contributed by atoms with E-state index in [1.807, 2.05) is 19.1 Å². The molecule has 0 aliphatic carbocycles. The molecule has 0 atom stereocenters. The van der Waals surface area contributed by atoms with Gasteiger partial charge in [-0.05, 0) is 13.3 Å². The first-order valence-corrected chi connectivity index (χ1v) is 5.15. The van der Waals surface area contributed by atoms with Crippen molar-refractivity contribution in [2.24, 2.45) is 0 Å². The predicted molar refractivity (Wildman–Crippen MR) is 59.7 cm³/mol. The SMILES string of the molecule is C=C(C)C(=O)N(CCCCC)N(C)C. The molecule has 0 heterocycles. The van der Waals surface area contributed by atoms with Gasteiger partial charge in [-0.2, -0.15) is 0 Å². The lowest BCUT2D eigenvalue weighted by Crippen LogP contribution is -2.42. The molecule has 0 aromatic heterocycles. The highest BCUT2D eigenvalue weighted by molar-refractivity contribution is 5.91. The van der Waals surface area contributed by atoms with E-state index in [4.69, 9.17) is 0 Å². The first kappa shape index (κ1) is 13.2. The van der Waals surface area contributed by atoms with Crippen molar-refractivity contribution in [3.05, 3.63) is 12.2 Å². The normalized spacial score (nSPS) is 10.4. The molecule has 3 nitrogen and oxygen atoms in total. The van der Waals surface area contributed by atoms with Crippen molar-refractivity contribution in [3.8, 4) is 0 Å². The Morgan fingerprint density at radius 2 is 1.86 bits per heavy atom. The van der Waals surface area contributed by atoms with Gasteiger partial charge in [0.25, 0.3) is 5.91 Å². The van der Waals surface area contributed by atoms with Gasteiger partial charge >= 0.3 is 0 Å². The summed E-state index contributed by atoms with van der Waals surface area (Å²) in [6.07, 6.45) is 3.38. The molecule has 0 aromatic carbocycles. The summed E-state index contributed by atoms with van der Waals surface area (Å²) < 4.78 is 0. The summed E-state index contributed by atoms with van der Waals surface area (Å²) in [5, 5.41) is 3.56. The van der Waals surface area contributed by atoms with Crippen molar-refractivity contribution < 1.29 is 4.79 Å². The van der Waals surface area contributed by atoms with Gasteiger partial charge in [-0.3, -0.25) is 9.80 Å². The van der Waals surface area contributed by atoms with Crippen LogP contribution < -0.4 is 0 Å². The summed E-state index contributed by atoms with van der Waals surface area (Å²) in [6, 6.07) is 0. The smallest absolute Gasteiger partial charge is 0.263 e. The molecule has 0 spiro atoms. The van der Waals surface area contributed by atoms with E-state index >= 15 is 0 Å². The van der Waals surface area contributed by atoms with E-state index in [1.54, 1.807) is 11.9 Å². The number of hydrogen-bond acceptors (Lipinski definition) is 2. The number of amides is 1. The minimum atomic E-state index is 0.0195. The number of carbonyl (C=O) groups excluding carboxylic acids is 1. The Bertz CT molecular complexity index is 199. The van der Waals surface area contributed by atoms with Crippen LogP contribution in [0.4, 0.5) is 0 Å². The zero-order valence-electron chi connectivity index (χ0n) is 9.84.